The molecule has 0 bridgehead atoms. The Morgan fingerprint density at radius 1 is 1.19 bits per heavy atom. The average Bonchev–Trinajstić information content (AvgIpc) is 1.98. The lowest BCUT2D eigenvalue weighted by Gasteiger charge is -2.12. The third-order valence-corrected chi connectivity index (χ3v) is 4.49. The number of sulfone groups is 1. The Morgan fingerprint density at radius 3 is 2.19 bits per heavy atom. The first-order valence-electron chi connectivity index (χ1n) is 5.04. The number of sulfonamides is 1. The summed E-state index contributed by atoms with van der Waals surface area (Å²) in [6, 6.07) is -0.599. The van der Waals surface area contributed by atoms with Crippen LogP contribution in [0.4, 0.5) is 0 Å². The van der Waals surface area contributed by atoms with Crippen molar-refractivity contribution >= 4 is 19.9 Å². The van der Waals surface area contributed by atoms with Gasteiger partial charge in [-0.05, 0) is 26.3 Å². The van der Waals surface area contributed by atoms with Crippen LogP contribution in [0.15, 0.2) is 0 Å². The smallest absolute Gasteiger partial charge is 0.211 e. The van der Waals surface area contributed by atoms with Crippen molar-refractivity contribution in [1.82, 2.24) is 4.72 Å². The van der Waals surface area contributed by atoms with E-state index in [4.69, 9.17) is 5.73 Å². The number of unbranched alkanes of at least 4 members (excludes halogenated alkanes) is 1. The van der Waals surface area contributed by atoms with E-state index >= 15 is 0 Å². The van der Waals surface area contributed by atoms with Gasteiger partial charge in [-0.3, -0.25) is 0 Å². The van der Waals surface area contributed by atoms with Gasteiger partial charge in [-0.25, -0.2) is 21.6 Å². The van der Waals surface area contributed by atoms with E-state index in [1.165, 1.54) is 6.92 Å². The molecule has 0 amide bonds. The molecule has 1 atom stereocenters. The fourth-order valence-electron chi connectivity index (χ4n) is 1.29. The number of nitrogens with one attached hydrogen (secondary N) is 1. The molecule has 0 spiro atoms. The second kappa shape index (κ2) is 6.53. The van der Waals surface area contributed by atoms with Crippen LogP contribution in [0.5, 0.6) is 0 Å². The van der Waals surface area contributed by atoms with Gasteiger partial charge in [0.2, 0.25) is 10.0 Å². The van der Waals surface area contributed by atoms with Crippen molar-refractivity contribution in [3.8, 4) is 0 Å². The van der Waals surface area contributed by atoms with Crippen molar-refractivity contribution in [1.29, 1.82) is 0 Å². The molecule has 8 heteroatoms. The SMILES string of the molecule is CC(CS(C)(=O)=O)NS(=O)(=O)CCCCN. The lowest BCUT2D eigenvalue weighted by atomic mass is 10.3. The fraction of sp³-hybridized carbons (Fsp3) is 1.00. The Kier molecular flexibility index (Phi) is 6.46. The van der Waals surface area contributed by atoms with Gasteiger partial charge in [0.25, 0.3) is 0 Å². The summed E-state index contributed by atoms with van der Waals surface area (Å²) in [4.78, 5) is 0. The molecule has 0 aromatic rings. The molecule has 0 aliphatic heterocycles. The Hall–Kier alpha value is -0.180. The van der Waals surface area contributed by atoms with Crippen LogP contribution in [0.3, 0.4) is 0 Å². The van der Waals surface area contributed by atoms with Crippen LogP contribution in [0, 0.1) is 0 Å². The Balaban J connectivity index is 4.16. The van der Waals surface area contributed by atoms with E-state index in [2.05, 4.69) is 4.72 Å². The average molecular weight is 272 g/mol. The normalized spacial score (nSPS) is 14.9. The molecule has 0 aromatic carbocycles. The highest BCUT2D eigenvalue weighted by atomic mass is 32.2. The van der Waals surface area contributed by atoms with Crippen LogP contribution in [0.1, 0.15) is 19.8 Å². The fourth-order valence-corrected chi connectivity index (χ4v) is 3.79. The summed E-state index contributed by atoms with van der Waals surface area (Å²) >= 11 is 0. The molecule has 0 saturated carbocycles. The number of rotatable bonds is 8. The van der Waals surface area contributed by atoms with Crippen molar-refractivity contribution in [3.63, 3.8) is 0 Å². The van der Waals surface area contributed by atoms with Crippen LogP contribution < -0.4 is 10.5 Å². The van der Waals surface area contributed by atoms with Crippen molar-refractivity contribution in [2.75, 3.05) is 24.3 Å². The molecule has 98 valence electrons. The molecule has 3 N–H and O–H groups in total. The van der Waals surface area contributed by atoms with E-state index in [0.29, 0.717) is 19.4 Å². The standard InChI is InChI=1S/C8H20N2O4S2/c1-8(7-15(2,11)12)10-16(13,14)6-4-3-5-9/h8,10H,3-7,9H2,1-2H3. The summed E-state index contributed by atoms with van der Waals surface area (Å²) in [6.07, 6.45) is 2.20. The maximum atomic E-state index is 11.5. The van der Waals surface area contributed by atoms with E-state index in [1.54, 1.807) is 0 Å². The van der Waals surface area contributed by atoms with Gasteiger partial charge in [-0.1, -0.05) is 0 Å². The highest BCUT2D eigenvalue weighted by molar-refractivity contribution is 7.91. The predicted octanol–water partition coefficient (Wildman–Crippen LogP) is -0.922. The minimum Gasteiger partial charge on any atom is -0.330 e. The van der Waals surface area contributed by atoms with Crippen molar-refractivity contribution < 1.29 is 16.8 Å². The molecule has 0 rings (SSSR count). The third kappa shape index (κ3) is 9.08. The molecular formula is C8H20N2O4S2. The summed E-state index contributed by atoms with van der Waals surface area (Å²) in [6.45, 7) is 1.98. The molecule has 0 aliphatic rings. The van der Waals surface area contributed by atoms with Crippen molar-refractivity contribution in [2.45, 2.75) is 25.8 Å². The Labute approximate surface area is 97.6 Å². The lowest BCUT2D eigenvalue weighted by Crippen LogP contribution is -2.38. The van der Waals surface area contributed by atoms with Gasteiger partial charge in [0.05, 0.1) is 11.5 Å². The van der Waals surface area contributed by atoms with Crippen LogP contribution >= 0.6 is 0 Å². The number of hydrogen-bond acceptors (Lipinski definition) is 5. The highest BCUT2D eigenvalue weighted by Crippen LogP contribution is 1.97. The first kappa shape index (κ1) is 15.8. The van der Waals surface area contributed by atoms with Crippen LogP contribution in [-0.4, -0.2) is 47.2 Å². The van der Waals surface area contributed by atoms with Gasteiger partial charge in [-0.15, -0.1) is 0 Å². The summed E-state index contributed by atoms with van der Waals surface area (Å²) in [7, 11) is -6.56. The van der Waals surface area contributed by atoms with Gasteiger partial charge >= 0.3 is 0 Å². The molecule has 1 unspecified atom stereocenters. The second-order valence-corrected chi connectivity index (χ2v) is 7.98. The predicted molar refractivity (Wildman–Crippen MR) is 64.4 cm³/mol. The van der Waals surface area contributed by atoms with Gasteiger partial charge in [0.1, 0.15) is 9.84 Å². The zero-order valence-corrected chi connectivity index (χ0v) is 11.3. The van der Waals surface area contributed by atoms with E-state index in [-0.39, 0.29) is 11.5 Å². The number of nitrogens with two attached hydrogens (primary N) is 1. The minimum absolute atomic E-state index is 0.0156. The van der Waals surface area contributed by atoms with Gasteiger partial charge < -0.3 is 5.73 Å². The Morgan fingerprint density at radius 2 is 1.75 bits per heavy atom. The van der Waals surface area contributed by atoms with Crippen LogP contribution in [-0.2, 0) is 19.9 Å². The molecular weight excluding hydrogens is 252 g/mol. The van der Waals surface area contributed by atoms with E-state index in [0.717, 1.165) is 6.26 Å². The zero-order chi connectivity index (χ0) is 12.8. The minimum atomic E-state index is -3.40. The molecule has 0 aromatic heterocycles. The Bertz CT molecular complexity index is 388. The topological polar surface area (TPSA) is 106 Å². The molecule has 0 aliphatic carbocycles. The molecule has 6 nitrogen and oxygen atoms in total. The third-order valence-electron chi connectivity index (χ3n) is 1.80. The maximum absolute atomic E-state index is 11.5. The molecule has 0 radical (unpaired) electrons. The monoisotopic (exact) mass is 272 g/mol. The van der Waals surface area contributed by atoms with Gasteiger partial charge in [0.15, 0.2) is 0 Å². The van der Waals surface area contributed by atoms with E-state index < -0.39 is 25.9 Å². The van der Waals surface area contributed by atoms with E-state index in [9.17, 15) is 16.8 Å². The maximum Gasteiger partial charge on any atom is 0.211 e. The molecule has 0 fully saturated rings. The number of hydrogen-bond donors (Lipinski definition) is 2. The van der Waals surface area contributed by atoms with Crippen LogP contribution in [0.25, 0.3) is 0 Å². The van der Waals surface area contributed by atoms with Crippen molar-refractivity contribution in [3.05, 3.63) is 0 Å². The molecule has 0 heterocycles. The van der Waals surface area contributed by atoms with E-state index in [1.807, 2.05) is 0 Å². The quantitative estimate of drug-likeness (QED) is 0.556. The molecule has 0 saturated heterocycles. The first-order valence-corrected chi connectivity index (χ1v) is 8.75. The summed E-state index contributed by atoms with van der Waals surface area (Å²) < 4.78 is 47.1. The van der Waals surface area contributed by atoms with Crippen LogP contribution in [0.2, 0.25) is 0 Å². The lowest BCUT2D eigenvalue weighted by molar-refractivity contribution is 0.561. The van der Waals surface area contributed by atoms with Crippen molar-refractivity contribution in [2.24, 2.45) is 5.73 Å². The summed E-state index contributed by atoms with van der Waals surface area (Å²) in [5.74, 6) is -0.207. The van der Waals surface area contributed by atoms with Gasteiger partial charge in [-0.2, -0.15) is 0 Å². The first-order chi connectivity index (χ1) is 7.16. The highest BCUT2D eigenvalue weighted by Gasteiger charge is 2.17. The molecule has 16 heavy (non-hydrogen) atoms. The summed E-state index contributed by atoms with van der Waals surface area (Å²) in [5, 5.41) is 0. The zero-order valence-electron chi connectivity index (χ0n) is 9.64. The summed E-state index contributed by atoms with van der Waals surface area (Å²) in [5.41, 5.74) is 5.25. The largest absolute Gasteiger partial charge is 0.330 e. The second-order valence-electron chi connectivity index (χ2n) is 3.93. The van der Waals surface area contributed by atoms with Gasteiger partial charge in [0, 0.05) is 12.3 Å².